The van der Waals surface area contributed by atoms with Gasteiger partial charge >= 0.3 is 6.18 Å². The smallest absolute Gasteiger partial charge is 0.354 e. The number of likely N-dealkylation sites (tertiary alicyclic amines) is 1. The van der Waals surface area contributed by atoms with Gasteiger partial charge in [0, 0.05) is 38.1 Å². The zero-order chi connectivity index (χ0) is 20.9. The minimum absolute atomic E-state index is 0.215. The van der Waals surface area contributed by atoms with Crippen LogP contribution in [0, 0.1) is 6.92 Å². The number of benzene rings is 1. The predicted octanol–water partition coefficient (Wildman–Crippen LogP) is 3.80. The fraction of sp³-hybridized carbons (Fsp3) is 0.500. The zero-order valence-electron chi connectivity index (χ0n) is 16.6. The van der Waals surface area contributed by atoms with E-state index in [1.165, 1.54) is 11.1 Å². The fourth-order valence-electron chi connectivity index (χ4n) is 3.33. The molecule has 158 valence electrons. The van der Waals surface area contributed by atoms with E-state index >= 15 is 0 Å². The molecule has 1 aromatic carbocycles. The number of nitrogens with one attached hydrogen (secondary N) is 2. The summed E-state index contributed by atoms with van der Waals surface area (Å²) in [6, 6.07) is 8.74. The number of halogens is 3. The number of piperidine rings is 1. The number of alkyl halides is 3. The molecule has 1 aromatic heterocycles. The highest BCUT2D eigenvalue weighted by Crippen LogP contribution is 2.29. The lowest BCUT2D eigenvalue weighted by atomic mass is 10.0. The summed E-state index contributed by atoms with van der Waals surface area (Å²) in [7, 11) is 1.66. The second kappa shape index (κ2) is 9.58. The molecule has 1 aliphatic rings. The lowest BCUT2D eigenvalue weighted by Gasteiger charge is -2.33. The number of guanidine groups is 1. The molecular weight excluding hydrogens is 399 g/mol. The molecule has 0 unspecified atom stereocenters. The summed E-state index contributed by atoms with van der Waals surface area (Å²) >= 11 is 0.994. The third-order valence-electron chi connectivity index (χ3n) is 5.06. The second-order valence-corrected chi connectivity index (χ2v) is 8.11. The molecule has 0 radical (unpaired) electrons. The fourth-order valence-corrected chi connectivity index (χ4v) is 4.07. The van der Waals surface area contributed by atoms with Gasteiger partial charge in [-0.3, -0.25) is 9.89 Å². The first-order chi connectivity index (χ1) is 13.8. The molecule has 1 saturated heterocycles. The number of aryl methyl sites for hydroxylation is 1. The van der Waals surface area contributed by atoms with Gasteiger partial charge in [-0.15, -0.1) is 11.3 Å². The van der Waals surface area contributed by atoms with Crippen LogP contribution in [0.25, 0.3) is 0 Å². The van der Waals surface area contributed by atoms with Gasteiger partial charge in [-0.1, -0.05) is 24.3 Å². The highest BCUT2D eigenvalue weighted by Gasteiger charge is 2.33. The minimum atomic E-state index is -4.40. The van der Waals surface area contributed by atoms with E-state index in [9.17, 15) is 13.2 Å². The summed E-state index contributed by atoms with van der Waals surface area (Å²) in [5, 5.41) is 7.86. The molecule has 0 aliphatic carbocycles. The van der Waals surface area contributed by atoms with Crippen LogP contribution < -0.4 is 10.6 Å². The average molecular weight is 426 g/mol. The molecule has 2 heterocycles. The van der Waals surface area contributed by atoms with Crippen molar-refractivity contribution in [2.24, 2.45) is 4.99 Å². The molecule has 2 aromatic rings. The number of aromatic nitrogens is 1. The molecule has 0 amide bonds. The van der Waals surface area contributed by atoms with E-state index in [0.717, 1.165) is 49.2 Å². The number of hydrogen-bond acceptors (Lipinski definition) is 4. The lowest BCUT2D eigenvalue weighted by molar-refractivity contribution is -0.140. The molecule has 0 saturated carbocycles. The number of nitrogens with zero attached hydrogens (tertiary/aromatic N) is 3. The van der Waals surface area contributed by atoms with E-state index in [1.807, 2.05) is 0 Å². The normalized spacial score (nSPS) is 16.8. The Bertz CT molecular complexity index is 826. The van der Waals surface area contributed by atoms with Crippen LogP contribution in [-0.4, -0.2) is 42.0 Å². The molecule has 0 spiro atoms. The van der Waals surface area contributed by atoms with Crippen LogP contribution in [-0.2, 0) is 19.3 Å². The monoisotopic (exact) mass is 425 g/mol. The maximum Gasteiger partial charge on any atom is 0.434 e. The Balaban J connectivity index is 1.44. The van der Waals surface area contributed by atoms with Crippen LogP contribution >= 0.6 is 11.3 Å². The maximum atomic E-state index is 12.7. The number of aliphatic imine (C=N–C) groups is 1. The number of hydrogen-bond donors (Lipinski definition) is 2. The van der Waals surface area contributed by atoms with Gasteiger partial charge in [0.25, 0.3) is 0 Å². The van der Waals surface area contributed by atoms with Crippen LogP contribution in [0.5, 0.6) is 0 Å². The highest BCUT2D eigenvalue weighted by molar-refractivity contribution is 7.09. The van der Waals surface area contributed by atoms with E-state index in [4.69, 9.17) is 0 Å². The molecule has 3 rings (SSSR count). The van der Waals surface area contributed by atoms with Crippen molar-refractivity contribution in [2.75, 3.05) is 20.1 Å². The molecule has 9 heteroatoms. The molecule has 5 nitrogen and oxygen atoms in total. The van der Waals surface area contributed by atoms with Crippen molar-refractivity contribution in [2.45, 2.75) is 45.1 Å². The molecule has 2 N–H and O–H groups in total. The Labute approximate surface area is 173 Å². The van der Waals surface area contributed by atoms with Crippen molar-refractivity contribution in [1.82, 2.24) is 20.5 Å². The van der Waals surface area contributed by atoms with Gasteiger partial charge in [-0.05, 0) is 30.9 Å². The first-order valence-corrected chi connectivity index (χ1v) is 10.5. The van der Waals surface area contributed by atoms with Crippen LogP contribution in [0.3, 0.4) is 0 Å². The van der Waals surface area contributed by atoms with Gasteiger partial charge in [0.05, 0.1) is 6.54 Å². The van der Waals surface area contributed by atoms with Crippen molar-refractivity contribution < 1.29 is 13.2 Å². The largest absolute Gasteiger partial charge is 0.434 e. The Morgan fingerprint density at radius 1 is 1.28 bits per heavy atom. The summed E-state index contributed by atoms with van der Waals surface area (Å²) in [5.74, 6) is 0.589. The highest BCUT2D eigenvalue weighted by atomic mass is 32.1. The Kier molecular flexibility index (Phi) is 7.13. The van der Waals surface area contributed by atoms with Crippen molar-refractivity contribution >= 4 is 17.3 Å². The van der Waals surface area contributed by atoms with Crippen LogP contribution in [0.4, 0.5) is 13.2 Å². The van der Waals surface area contributed by atoms with E-state index in [0.29, 0.717) is 11.0 Å². The van der Waals surface area contributed by atoms with Crippen molar-refractivity contribution in [3.63, 3.8) is 0 Å². The van der Waals surface area contributed by atoms with Crippen LogP contribution in [0.2, 0.25) is 0 Å². The third kappa shape index (κ3) is 6.17. The molecular formula is C20H26F3N5S. The summed E-state index contributed by atoms with van der Waals surface area (Å²) in [6.07, 6.45) is -2.43. The van der Waals surface area contributed by atoms with Crippen molar-refractivity contribution in [1.29, 1.82) is 0 Å². The van der Waals surface area contributed by atoms with Crippen molar-refractivity contribution in [3.8, 4) is 0 Å². The van der Waals surface area contributed by atoms with Crippen molar-refractivity contribution in [3.05, 3.63) is 51.5 Å². The van der Waals surface area contributed by atoms with Gasteiger partial charge < -0.3 is 10.6 Å². The maximum absolute atomic E-state index is 12.7. The van der Waals surface area contributed by atoms with E-state index in [2.05, 4.69) is 56.7 Å². The standard InChI is InChI=1S/C20H26F3N5S/c1-14-5-3-4-6-15(14)12-28-9-7-16(8-10-28)26-19(24-2)25-11-18-27-17(13-29-18)20(21,22)23/h3-6,13,16H,7-12H2,1-2H3,(H2,24,25,26). The minimum Gasteiger partial charge on any atom is -0.354 e. The topological polar surface area (TPSA) is 52.6 Å². The Morgan fingerprint density at radius 3 is 2.62 bits per heavy atom. The Hall–Kier alpha value is -2.13. The van der Waals surface area contributed by atoms with Crippen LogP contribution in [0.1, 0.15) is 34.7 Å². The van der Waals surface area contributed by atoms with Gasteiger partial charge in [0.2, 0.25) is 0 Å². The summed E-state index contributed by atoms with van der Waals surface area (Å²) in [6.45, 7) is 5.29. The van der Waals surface area contributed by atoms with Gasteiger partial charge in [-0.2, -0.15) is 13.2 Å². The van der Waals surface area contributed by atoms with Gasteiger partial charge in [0.1, 0.15) is 5.01 Å². The van der Waals surface area contributed by atoms with E-state index in [1.54, 1.807) is 7.05 Å². The average Bonchev–Trinajstić information content (AvgIpc) is 3.18. The van der Waals surface area contributed by atoms with Crippen LogP contribution in [0.15, 0.2) is 34.6 Å². The van der Waals surface area contributed by atoms with Gasteiger partial charge in [-0.25, -0.2) is 4.98 Å². The predicted molar refractivity (Wildman–Crippen MR) is 110 cm³/mol. The van der Waals surface area contributed by atoms with E-state index < -0.39 is 11.9 Å². The lowest BCUT2D eigenvalue weighted by Crippen LogP contribution is -2.48. The second-order valence-electron chi connectivity index (χ2n) is 7.17. The van der Waals surface area contributed by atoms with E-state index in [-0.39, 0.29) is 12.6 Å². The number of rotatable bonds is 5. The zero-order valence-corrected chi connectivity index (χ0v) is 17.4. The SMILES string of the molecule is CN=C(NCc1nc(C(F)(F)F)cs1)NC1CCN(Cc2ccccc2C)CC1. The molecule has 1 aliphatic heterocycles. The van der Waals surface area contributed by atoms with Gasteiger partial charge in [0.15, 0.2) is 11.7 Å². The summed E-state index contributed by atoms with van der Waals surface area (Å²) in [4.78, 5) is 10.3. The molecule has 29 heavy (non-hydrogen) atoms. The Morgan fingerprint density at radius 2 is 2.00 bits per heavy atom. The quantitative estimate of drug-likeness (QED) is 0.565. The summed E-state index contributed by atoms with van der Waals surface area (Å²) < 4.78 is 38.0. The molecule has 0 bridgehead atoms. The first-order valence-electron chi connectivity index (χ1n) is 9.61. The first kappa shape index (κ1) is 21.6. The third-order valence-corrected chi connectivity index (χ3v) is 5.91. The molecule has 0 atom stereocenters. The molecule has 1 fully saturated rings. The number of thiazole rings is 1. The summed E-state index contributed by atoms with van der Waals surface area (Å²) in [5.41, 5.74) is 1.83.